The number of nitro groups is 1. The van der Waals surface area contributed by atoms with Gasteiger partial charge in [-0.1, -0.05) is 0 Å². The standard InChI is InChI=1S/C12H15ClN2O5/c1-19-7-9(13)6-14-12(16)8-3-4-10(15(17)18)11(5-8)20-2/h3-5,9H,6-7H2,1-2H3,(H,14,16). The van der Waals surface area contributed by atoms with Gasteiger partial charge in [0, 0.05) is 31.4 Å². The third-order valence-corrected chi connectivity index (χ3v) is 2.75. The van der Waals surface area contributed by atoms with E-state index in [1.54, 1.807) is 0 Å². The molecule has 0 bridgehead atoms. The Labute approximate surface area is 121 Å². The number of nitrogens with zero attached hydrogens (tertiary/aromatic N) is 1. The van der Waals surface area contributed by atoms with Crippen LogP contribution in [0.3, 0.4) is 0 Å². The highest BCUT2D eigenvalue weighted by molar-refractivity contribution is 6.21. The van der Waals surface area contributed by atoms with Gasteiger partial charge in [0.15, 0.2) is 5.75 Å². The predicted octanol–water partition coefficient (Wildman–Crippen LogP) is 1.59. The minimum Gasteiger partial charge on any atom is -0.490 e. The highest BCUT2D eigenvalue weighted by Gasteiger charge is 2.17. The molecule has 0 fully saturated rings. The second-order valence-electron chi connectivity index (χ2n) is 3.91. The van der Waals surface area contributed by atoms with Crippen molar-refractivity contribution >= 4 is 23.2 Å². The molecule has 0 aliphatic rings. The zero-order valence-electron chi connectivity index (χ0n) is 11.1. The largest absolute Gasteiger partial charge is 0.490 e. The van der Waals surface area contributed by atoms with Gasteiger partial charge < -0.3 is 14.8 Å². The molecule has 1 amide bonds. The first kappa shape index (κ1) is 16.2. The van der Waals surface area contributed by atoms with Crippen molar-refractivity contribution in [2.45, 2.75) is 5.38 Å². The Morgan fingerprint density at radius 2 is 2.20 bits per heavy atom. The molecule has 0 saturated carbocycles. The maximum absolute atomic E-state index is 11.9. The Morgan fingerprint density at radius 1 is 1.50 bits per heavy atom. The molecule has 110 valence electrons. The average molecular weight is 303 g/mol. The summed E-state index contributed by atoms with van der Waals surface area (Å²) in [4.78, 5) is 22.0. The molecule has 8 heteroatoms. The summed E-state index contributed by atoms with van der Waals surface area (Å²) in [5.74, 6) is -0.359. The van der Waals surface area contributed by atoms with Crippen LogP contribution in [0.4, 0.5) is 5.69 Å². The lowest BCUT2D eigenvalue weighted by atomic mass is 10.1. The zero-order chi connectivity index (χ0) is 15.1. The van der Waals surface area contributed by atoms with E-state index in [1.165, 1.54) is 32.4 Å². The van der Waals surface area contributed by atoms with Crippen LogP contribution in [-0.2, 0) is 4.74 Å². The fourth-order valence-corrected chi connectivity index (χ4v) is 1.72. The zero-order valence-corrected chi connectivity index (χ0v) is 11.8. The van der Waals surface area contributed by atoms with Gasteiger partial charge in [0.05, 0.1) is 24.0 Å². The summed E-state index contributed by atoms with van der Waals surface area (Å²) < 4.78 is 9.74. The molecular weight excluding hydrogens is 288 g/mol. The van der Waals surface area contributed by atoms with E-state index in [0.717, 1.165) is 0 Å². The van der Waals surface area contributed by atoms with Gasteiger partial charge in [-0.25, -0.2) is 0 Å². The van der Waals surface area contributed by atoms with Crippen LogP contribution in [0.5, 0.6) is 5.75 Å². The van der Waals surface area contributed by atoms with Crippen molar-refractivity contribution in [2.75, 3.05) is 27.4 Å². The van der Waals surface area contributed by atoms with Crippen molar-refractivity contribution in [3.63, 3.8) is 0 Å². The van der Waals surface area contributed by atoms with E-state index >= 15 is 0 Å². The van der Waals surface area contributed by atoms with E-state index in [-0.39, 0.29) is 34.8 Å². The monoisotopic (exact) mass is 302 g/mol. The third-order valence-electron chi connectivity index (χ3n) is 2.47. The number of halogens is 1. The topological polar surface area (TPSA) is 90.7 Å². The van der Waals surface area contributed by atoms with Crippen LogP contribution in [0.25, 0.3) is 0 Å². The molecule has 20 heavy (non-hydrogen) atoms. The molecule has 0 aliphatic heterocycles. The smallest absolute Gasteiger partial charge is 0.310 e. The summed E-state index contributed by atoms with van der Waals surface area (Å²) in [5, 5.41) is 13.0. The molecule has 0 saturated heterocycles. The second kappa shape index (κ2) is 7.66. The van der Waals surface area contributed by atoms with Crippen LogP contribution in [0, 0.1) is 10.1 Å². The Bertz CT molecular complexity index is 495. The molecule has 0 spiro atoms. The number of carbonyl (C=O) groups excluding carboxylic acids is 1. The van der Waals surface area contributed by atoms with Crippen LogP contribution in [0.1, 0.15) is 10.4 Å². The minimum absolute atomic E-state index is 0.0296. The lowest BCUT2D eigenvalue weighted by molar-refractivity contribution is -0.385. The van der Waals surface area contributed by atoms with Crippen molar-refractivity contribution in [3.8, 4) is 5.75 Å². The Hall–Kier alpha value is -1.86. The SMILES string of the molecule is COCC(Cl)CNC(=O)c1ccc([N+](=O)[O-])c(OC)c1. The molecule has 0 heterocycles. The molecular formula is C12H15ClN2O5. The first-order chi connectivity index (χ1) is 9.49. The van der Waals surface area contributed by atoms with Crippen LogP contribution in [0.2, 0.25) is 0 Å². The number of amides is 1. The molecule has 0 aliphatic carbocycles. The number of methoxy groups -OCH3 is 2. The number of benzene rings is 1. The summed E-state index contributed by atoms with van der Waals surface area (Å²) in [5.41, 5.74) is 0.0624. The van der Waals surface area contributed by atoms with E-state index in [0.29, 0.717) is 6.61 Å². The molecule has 1 rings (SSSR count). The van der Waals surface area contributed by atoms with Crippen LogP contribution < -0.4 is 10.1 Å². The fourth-order valence-electron chi connectivity index (χ4n) is 1.51. The molecule has 1 N–H and O–H groups in total. The van der Waals surface area contributed by atoms with E-state index in [9.17, 15) is 14.9 Å². The number of ether oxygens (including phenoxy) is 2. The van der Waals surface area contributed by atoms with Crippen molar-refractivity contribution in [2.24, 2.45) is 0 Å². The second-order valence-corrected chi connectivity index (χ2v) is 4.52. The number of hydrogen-bond donors (Lipinski definition) is 1. The number of nitrogens with one attached hydrogen (secondary N) is 1. The molecule has 7 nitrogen and oxygen atoms in total. The quantitative estimate of drug-likeness (QED) is 0.469. The van der Waals surface area contributed by atoms with Gasteiger partial charge >= 0.3 is 5.69 Å². The van der Waals surface area contributed by atoms with Crippen molar-refractivity contribution < 1.29 is 19.2 Å². The molecule has 1 atom stereocenters. The highest BCUT2D eigenvalue weighted by Crippen LogP contribution is 2.27. The molecule has 1 aromatic rings. The maximum atomic E-state index is 11.9. The van der Waals surface area contributed by atoms with Crippen LogP contribution >= 0.6 is 11.6 Å². The number of nitro benzene ring substituents is 1. The van der Waals surface area contributed by atoms with Gasteiger partial charge in [-0.3, -0.25) is 14.9 Å². The van der Waals surface area contributed by atoms with E-state index < -0.39 is 4.92 Å². The number of carbonyl (C=O) groups is 1. The third kappa shape index (κ3) is 4.36. The Kier molecular flexibility index (Phi) is 6.20. The number of alkyl halides is 1. The van der Waals surface area contributed by atoms with Crippen molar-refractivity contribution in [1.29, 1.82) is 0 Å². The summed E-state index contributed by atoms with van der Waals surface area (Å²) >= 11 is 5.88. The van der Waals surface area contributed by atoms with Gasteiger partial charge in [-0.15, -0.1) is 11.6 Å². The van der Waals surface area contributed by atoms with Crippen LogP contribution in [0.15, 0.2) is 18.2 Å². The lowest BCUT2D eigenvalue weighted by Crippen LogP contribution is -2.31. The van der Waals surface area contributed by atoms with Crippen LogP contribution in [-0.4, -0.2) is 43.6 Å². The molecule has 0 radical (unpaired) electrons. The maximum Gasteiger partial charge on any atom is 0.310 e. The van der Waals surface area contributed by atoms with Gasteiger partial charge in [0.1, 0.15) is 0 Å². The van der Waals surface area contributed by atoms with E-state index in [4.69, 9.17) is 21.1 Å². The summed E-state index contributed by atoms with van der Waals surface area (Å²) in [6.45, 7) is 0.541. The molecule has 1 aromatic carbocycles. The highest BCUT2D eigenvalue weighted by atomic mass is 35.5. The lowest BCUT2D eigenvalue weighted by Gasteiger charge is -2.10. The average Bonchev–Trinajstić information content (AvgIpc) is 2.44. The summed E-state index contributed by atoms with van der Waals surface area (Å²) in [6.07, 6.45) is 0. The van der Waals surface area contributed by atoms with E-state index in [2.05, 4.69) is 5.32 Å². The van der Waals surface area contributed by atoms with E-state index in [1.807, 2.05) is 0 Å². The van der Waals surface area contributed by atoms with Gasteiger partial charge in [-0.2, -0.15) is 0 Å². The van der Waals surface area contributed by atoms with Crippen molar-refractivity contribution in [1.82, 2.24) is 5.32 Å². The molecule has 0 aromatic heterocycles. The number of rotatable bonds is 7. The summed E-state index contributed by atoms with van der Waals surface area (Å²) in [7, 11) is 2.82. The number of hydrogen-bond acceptors (Lipinski definition) is 5. The summed E-state index contributed by atoms with van der Waals surface area (Å²) in [6, 6.07) is 3.89. The minimum atomic E-state index is -0.575. The Balaban J connectivity index is 2.76. The van der Waals surface area contributed by atoms with Gasteiger partial charge in [-0.05, 0) is 6.07 Å². The van der Waals surface area contributed by atoms with Crippen molar-refractivity contribution in [3.05, 3.63) is 33.9 Å². The normalized spacial score (nSPS) is 11.8. The first-order valence-corrected chi connectivity index (χ1v) is 6.16. The Morgan fingerprint density at radius 3 is 2.75 bits per heavy atom. The molecule has 1 unspecified atom stereocenters. The fraction of sp³-hybridized carbons (Fsp3) is 0.417. The van der Waals surface area contributed by atoms with Gasteiger partial charge in [0.25, 0.3) is 5.91 Å². The van der Waals surface area contributed by atoms with Gasteiger partial charge in [0.2, 0.25) is 0 Å². The first-order valence-electron chi connectivity index (χ1n) is 5.73. The predicted molar refractivity (Wildman–Crippen MR) is 73.5 cm³/mol.